The van der Waals surface area contributed by atoms with E-state index in [-0.39, 0.29) is 0 Å². The van der Waals surface area contributed by atoms with Crippen LogP contribution in [-0.4, -0.2) is 9.51 Å². The van der Waals surface area contributed by atoms with Crippen molar-refractivity contribution in [2.75, 3.05) is 0 Å². The Morgan fingerprint density at radius 2 is 1.75 bits per heavy atom. The van der Waals surface area contributed by atoms with Crippen molar-refractivity contribution in [3.05, 3.63) is 60.2 Å². The summed E-state index contributed by atoms with van der Waals surface area (Å²) in [4.78, 5) is 0. The largest absolute Gasteiger partial charge is 0.508 e. The van der Waals surface area contributed by atoms with Gasteiger partial charge in [-0.15, -0.1) is 0 Å². The Hall–Kier alpha value is -2.48. The van der Waals surface area contributed by atoms with Crippen molar-refractivity contribution in [2.24, 2.45) is 0 Å². The Bertz CT molecular complexity index is 890. The second-order valence-electron chi connectivity index (χ2n) is 5.15. The van der Waals surface area contributed by atoms with Gasteiger partial charge in [0.05, 0.1) is 11.0 Å². The Labute approximate surface area is 117 Å². The first-order valence-corrected chi connectivity index (χ1v) is 6.93. The summed E-state index contributed by atoms with van der Waals surface area (Å²) in [7, 11) is 0. The average Bonchev–Trinajstić information content (AvgIpc) is 3.01. The molecule has 4 rings (SSSR count). The molecule has 0 spiro atoms. The highest BCUT2D eigenvalue weighted by atomic mass is 16.3. The minimum absolute atomic E-state index is 0.331. The molecule has 0 saturated heterocycles. The number of rotatable bonds is 2. The number of aryl methyl sites for hydroxylation is 1. The second-order valence-corrected chi connectivity index (χ2v) is 5.15. The van der Waals surface area contributed by atoms with Crippen molar-refractivity contribution in [3.63, 3.8) is 0 Å². The van der Waals surface area contributed by atoms with Crippen LogP contribution in [0.5, 0.6) is 5.75 Å². The average molecular weight is 261 g/mol. The monoisotopic (exact) mass is 261 g/mol. The molecule has 2 heteroatoms. The van der Waals surface area contributed by atoms with E-state index >= 15 is 0 Å². The minimum atomic E-state index is 0.331. The third kappa shape index (κ3) is 1.39. The van der Waals surface area contributed by atoms with Gasteiger partial charge in [0, 0.05) is 23.2 Å². The highest BCUT2D eigenvalue weighted by Crippen LogP contribution is 2.38. The van der Waals surface area contributed by atoms with Crippen molar-refractivity contribution in [1.29, 1.82) is 0 Å². The molecule has 4 aromatic rings. The van der Waals surface area contributed by atoms with Gasteiger partial charge in [0.2, 0.25) is 0 Å². The number of aromatic nitrogens is 1. The summed E-state index contributed by atoms with van der Waals surface area (Å²) in [5.41, 5.74) is 7.20. The quantitative estimate of drug-likeness (QED) is 0.566. The van der Waals surface area contributed by atoms with Crippen LogP contribution in [0.2, 0.25) is 0 Å². The summed E-state index contributed by atoms with van der Waals surface area (Å²) in [5, 5.41) is 9.92. The SMILES string of the molecule is CCc1c(-c2ccccc2)c2ccc3cc(O)cc1n32. The lowest BCUT2D eigenvalue weighted by Crippen LogP contribution is -1.85. The highest BCUT2D eigenvalue weighted by Gasteiger charge is 2.18. The number of nitrogens with zero attached hydrogens (tertiary/aromatic N) is 1. The van der Waals surface area contributed by atoms with E-state index in [0.29, 0.717) is 5.75 Å². The summed E-state index contributed by atoms with van der Waals surface area (Å²) < 4.78 is 2.24. The summed E-state index contributed by atoms with van der Waals surface area (Å²) in [5.74, 6) is 0.331. The van der Waals surface area contributed by atoms with E-state index in [0.717, 1.165) is 17.5 Å². The van der Waals surface area contributed by atoms with Gasteiger partial charge in [0.25, 0.3) is 0 Å². The van der Waals surface area contributed by atoms with E-state index in [2.05, 4.69) is 47.7 Å². The van der Waals surface area contributed by atoms with Crippen LogP contribution in [0, 0.1) is 0 Å². The molecular formula is C18H15NO. The van der Waals surface area contributed by atoms with Gasteiger partial charge in [-0.1, -0.05) is 37.3 Å². The van der Waals surface area contributed by atoms with Crippen LogP contribution < -0.4 is 0 Å². The van der Waals surface area contributed by atoms with Gasteiger partial charge in [-0.05, 0) is 29.7 Å². The van der Waals surface area contributed by atoms with Crippen LogP contribution >= 0.6 is 0 Å². The second kappa shape index (κ2) is 4.01. The van der Waals surface area contributed by atoms with Crippen molar-refractivity contribution < 1.29 is 5.11 Å². The number of hydrogen-bond acceptors (Lipinski definition) is 1. The van der Waals surface area contributed by atoms with E-state index in [9.17, 15) is 5.11 Å². The van der Waals surface area contributed by atoms with Crippen LogP contribution in [0.3, 0.4) is 0 Å². The molecule has 0 atom stereocenters. The zero-order valence-electron chi connectivity index (χ0n) is 11.3. The molecule has 1 N–H and O–H groups in total. The fourth-order valence-corrected chi connectivity index (χ4v) is 3.22. The fourth-order valence-electron chi connectivity index (χ4n) is 3.22. The maximum Gasteiger partial charge on any atom is 0.119 e. The summed E-state index contributed by atoms with van der Waals surface area (Å²) >= 11 is 0. The fraction of sp³-hybridized carbons (Fsp3) is 0.111. The Morgan fingerprint density at radius 3 is 2.50 bits per heavy atom. The van der Waals surface area contributed by atoms with E-state index < -0.39 is 0 Å². The van der Waals surface area contributed by atoms with Crippen LogP contribution in [0.25, 0.3) is 27.7 Å². The molecule has 2 nitrogen and oxygen atoms in total. The van der Waals surface area contributed by atoms with E-state index in [1.165, 1.54) is 22.2 Å². The molecule has 0 unspecified atom stereocenters. The standard InChI is InChI=1S/C18H15NO/c1-2-15-17-11-14(20)10-13-8-9-16(19(13)17)18(15)12-6-4-3-5-7-12/h3-11,20H,2H2,1H3. The van der Waals surface area contributed by atoms with Crippen molar-refractivity contribution >= 4 is 16.6 Å². The molecular weight excluding hydrogens is 246 g/mol. The molecule has 0 amide bonds. The maximum absolute atomic E-state index is 9.92. The third-order valence-electron chi connectivity index (χ3n) is 4.02. The van der Waals surface area contributed by atoms with Gasteiger partial charge in [-0.3, -0.25) is 0 Å². The minimum Gasteiger partial charge on any atom is -0.508 e. The lowest BCUT2D eigenvalue weighted by Gasteiger charge is -2.03. The normalized spacial score (nSPS) is 11.7. The van der Waals surface area contributed by atoms with E-state index in [1.807, 2.05) is 18.2 Å². The molecule has 0 bridgehead atoms. The van der Waals surface area contributed by atoms with Crippen molar-refractivity contribution in [3.8, 4) is 16.9 Å². The Kier molecular flexibility index (Phi) is 2.27. The molecule has 0 aliphatic carbocycles. The van der Waals surface area contributed by atoms with Crippen molar-refractivity contribution in [2.45, 2.75) is 13.3 Å². The number of hydrogen-bond donors (Lipinski definition) is 1. The van der Waals surface area contributed by atoms with Gasteiger partial charge in [0.15, 0.2) is 0 Å². The van der Waals surface area contributed by atoms with Crippen LogP contribution in [-0.2, 0) is 6.42 Å². The van der Waals surface area contributed by atoms with Gasteiger partial charge in [0.1, 0.15) is 5.75 Å². The van der Waals surface area contributed by atoms with E-state index in [4.69, 9.17) is 0 Å². The molecule has 0 aliphatic rings. The predicted octanol–water partition coefficient (Wildman–Crippen LogP) is 4.47. The van der Waals surface area contributed by atoms with Gasteiger partial charge < -0.3 is 9.51 Å². The van der Waals surface area contributed by atoms with Crippen LogP contribution in [0.4, 0.5) is 0 Å². The third-order valence-corrected chi connectivity index (χ3v) is 4.02. The zero-order valence-corrected chi connectivity index (χ0v) is 11.3. The van der Waals surface area contributed by atoms with Crippen LogP contribution in [0.1, 0.15) is 12.5 Å². The smallest absolute Gasteiger partial charge is 0.119 e. The molecule has 0 radical (unpaired) electrons. The first-order chi connectivity index (χ1) is 9.79. The van der Waals surface area contributed by atoms with Gasteiger partial charge in [-0.2, -0.15) is 0 Å². The number of aromatic hydroxyl groups is 1. The van der Waals surface area contributed by atoms with Gasteiger partial charge in [-0.25, -0.2) is 0 Å². The number of benzene rings is 1. The van der Waals surface area contributed by atoms with Crippen molar-refractivity contribution in [1.82, 2.24) is 4.40 Å². The lowest BCUT2D eigenvalue weighted by molar-refractivity contribution is 0.476. The molecule has 1 aromatic carbocycles. The Balaban J connectivity index is 2.20. The molecule has 98 valence electrons. The van der Waals surface area contributed by atoms with E-state index in [1.54, 1.807) is 0 Å². The summed E-state index contributed by atoms with van der Waals surface area (Å²) in [6.45, 7) is 2.17. The highest BCUT2D eigenvalue weighted by molar-refractivity contribution is 5.95. The summed E-state index contributed by atoms with van der Waals surface area (Å²) in [6, 6.07) is 18.4. The summed E-state index contributed by atoms with van der Waals surface area (Å²) in [6.07, 6.45) is 0.949. The molecule has 3 aromatic heterocycles. The predicted molar refractivity (Wildman–Crippen MR) is 82.6 cm³/mol. The number of pyridine rings is 1. The lowest BCUT2D eigenvalue weighted by atomic mass is 10.00. The molecule has 0 saturated carbocycles. The first kappa shape index (κ1) is 11.4. The van der Waals surface area contributed by atoms with Crippen LogP contribution in [0.15, 0.2) is 54.6 Å². The van der Waals surface area contributed by atoms with Gasteiger partial charge >= 0.3 is 0 Å². The zero-order chi connectivity index (χ0) is 13.7. The molecule has 0 fully saturated rings. The molecule has 3 heterocycles. The topological polar surface area (TPSA) is 24.6 Å². The molecule has 0 aliphatic heterocycles. The first-order valence-electron chi connectivity index (χ1n) is 6.93. The maximum atomic E-state index is 9.92. The Morgan fingerprint density at radius 1 is 0.950 bits per heavy atom. The molecule has 20 heavy (non-hydrogen) atoms.